The second-order valence-corrected chi connectivity index (χ2v) is 5.21. The fourth-order valence-corrected chi connectivity index (χ4v) is 1.97. The van der Waals surface area contributed by atoms with Gasteiger partial charge in [0.1, 0.15) is 12.4 Å². The van der Waals surface area contributed by atoms with Gasteiger partial charge in [-0.25, -0.2) is 0 Å². The van der Waals surface area contributed by atoms with E-state index in [1.54, 1.807) is 18.2 Å². The van der Waals surface area contributed by atoms with Gasteiger partial charge in [0, 0.05) is 11.5 Å². The van der Waals surface area contributed by atoms with Gasteiger partial charge in [-0.05, 0) is 24.1 Å². The summed E-state index contributed by atoms with van der Waals surface area (Å²) >= 11 is 0. The number of rotatable bonds is 3. The minimum absolute atomic E-state index is 0.0622. The van der Waals surface area contributed by atoms with Crippen LogP contribution in [0.3, 0.4) is 0 Å². The van der Waals surface area contributed by atoms with Gasteiger partial charge in [-0.2, -0.15) is 0 Å². The number of hydrogen-bond donors (Lipinski definition) is 1. The van der Waals surface area contributed by atoms with E-state index >= 15 is 0 Å². The van der Waals surface area contributed by atoms with E-state index < -0.39 is 0 Å². The molecule has 0 saturated heterocycles. The quantitative estimate of drug-likeness (QED) is 0.849. The van der Waals surface area contributed by atoms with E-state index in [4.69, 9.17) is 4.74 Å². The molecule has 1 aromatic rings. The molecule has 1 amide bonds. The molecule has 1 aliphatic rings. The number of benzene rings is 1. The van der Waals surface area contributed by atoms with Gasteiger partial charge in [0.15, 0.2) is 5.78 Å². The molecule has 0 spiro atoms. The van der Waals surface area contributed by atoms with Crippen LogP contribution in [0.1, 0.15) is 41.5 Å². The van der Waals surface area contributed by atoms with Crippen LogP contribution >= 0.6 is 0 Å². The lowest BCUT2D eigenvalue weighted by molar-refractivity contribution is 0.0899. The van der Waals surface area contributed by atoms with Crippen molar-refractivity contribution in [3.05, 3.63) is 29.3 Å². The first kappa shape index (κ1) is 13.6. The second kappa shape index (κ2) is 5.43. The summed E-state index contributed by atoms with van der Waals surface area (Å²) in [5, 5.41) is 2.74. The maximum atomic E-state index is 12.3. The minimum atomic E-state index is -0.181. The predicted molar refractivity (Wildman–Crippen MR) is 72.6 cm³/mol. The van der Waals surface area contributed by atoms with Crippen LogP contribution in [0, 0.1) is 11.8 Å². The Labute approximate surface area is 113 Å². The van der Waals surface area contributed by atoms with Crippen molar-refractivity contribution in [2.45, 2.75) is 20.8 Å². The van der Waals surface area contributed by atoms with E-state index in [1.807, 2.05) is 20.8 Å². The second-order valence-electron chi connectivity index (χ2n) is 5.21. The Morgan fingerprint density at radius 3 is 2.74 bits per heavy atom. The van der Waals surface area contributed by atoms with Crippen LogP contribution in [0.25, 0.3) is 0 Å². The number of hydrogen-bond acceptors (Lipinski definition) is 3. The average molecular weight is 261 g/mol. The number of amides is 1. The van der Waals surface area contributed by atoms with Gasteiger partial charge in [0.2, 0.25) is 0 Å². The third kappa shape index (κ3) is 2.78. The average Bonchev–Trinajstić information content (AvgIpc) is 2.58. The number of Topliss-reactive ketones (excluding diaryl/α,β-unsaturated/α-hetero) is 1. The van der Waals surface area contributed by atoms with Crippen LogP contribution in [0.4, 0.5) is 0 Å². The number of carbonyl (C=O) groups excluding carboxylic acids is 2. The van der Waals surface area contributed by atoms with E-state index in [1.165, 1.54) is 0 Å². The van der Waals surface area contributed by atoms with Crippen molar-refractivity contribution in [2.24, 2.45) is 11.8 Å². The van der Waals surface area contributed by atoms with Crippen molar-refractivity contribution in [3.8, 4) is 5.75 Å². The number of ketones is 1. The first-order valence-corrected chi connectivity index (χ1v) is 6.60. The molecule has 0 radical (unpaired) electrons. The smallest absolute Gasteiger partial charge is 0.255 e. The van der Waals surface area contributed by atoms with Gasteiger partial charge < -0.3 is 10.1 Å². The van der Waals surface area contributed by atoms with Crippen LogP contribution in [0.5, 0.6) is 5.75 Å². The van der Waals surface area contributed by atoms with Gasteiger partial charge in [-0.15, -0.1) is 0 Å². The SMILES string of the molecule is CC(C)C(C)C(=O)c1ccc2c(c1)C(=O)NCCO2. The molecule has 2 rings (SSSR count). The van der Waals surface area contributed by atoms with Crippen LogP contribution in [0.15, 0.2) is 18.2 Å². The molecular weight excluding hydrogens is 242 g/mol. The summed E-state index contributed by atoms with van der Waals surface area (Å²) in [5.74, 6) is 0.641. The zero-order chi connectivity index (χ0) is 14.0. The zero-order valence-corrected chi connectivity index (χ0v) is 11.5. The standard InChI is InChI=1S/C15H19NO3/c1-9(2)10(3)14(17)11-4-5-13-12(8-11)15(18)16-6-7-19-13/h4-5,8-10H,6-7H2,1-3H3,(H,16,18). The molecule has 0 saturated carbocycles. The molecule has 0 aromatic heterocycles. The highest BCUT2D eigenvalue weighted by molar-refractivity contribution is 6.03. The van der Waals surface area contributed by atoms with Crippen molar-refractivity contribution in [1.29, 1.82) is 0 Å². The minimum Gasteiger partial charge on any atom is -0.491 e. The van der Waals surface area contributed by atoms with Crippen LogP contribution in [0.2, 0.25) is 0 Å². The number of carbonyl (C=O) groups is 2. The van der Waals surface area contributed by atoms with E-state index in [0.29, 0.717) is 30.0 Å². The van der Waals surface area contributed by atoms with Crippen LogP contribution in [-0.2, 0) is 0 Å². The highest BCUT2D eigenvalue weighted by Gasteiger charge is 2.22. The lowest BCUT2D eigenvalue weighted by Gasteiger charge is -2.15. The van der Waals surface area contributed by atoms with Crippen molar-refractivity contribution >= 4 is 11.7 Å². The molecule has 0 fully saturated rings. The summed E-state index contributed by atoms with van der Waals surface area (Å²) < 4.78 is 5.47. The highest BCUT2D eigenvalue weighted by atomic mass is 16.5. The molecule has 102 valence electrons. The Balaban J connectivity index is 2.35. The molecule has 0 bridgehead atoms. The molecule has 1 aromatic carbocycles. The van der Waals surface area contributed by atoms with E-state index in [9.17, 15) is 9.59 Å². The lowest BCUT2D eigenvalue weighted by Crippen LogP contribution is -2.24. The first-order chi connectivity index (χ1) is 9.00. The van der Waals surface area contributed by atoms with Crippen LogP contribution in [-0.4, -0.2) is 24.8 Å². The number of fused-ring (bicyclic) bond motifs is 1. The summed E-state index contributed by atoms with van der Waals surface area (Å²) in [6, 6.07) is 5.08. The van der Waals surface area contributed by atoms with Gasteiger partial charge in [0.05, 0.1) is 12.1 Å². The fourth-order valence-electron chi connectivity index (χ4n) is 1.97. The maximum absolute atomic E-state index is 12.3. The molecule has 1 aliphatic heterocycles. The molecule has 4 nitrogen and oxygen atoms in total. The Morgan fingerprint density at radius 2 is 2.05 bits per heavy atom. The van der Waals surface area contributed by atoms with Gasteiger partial charge in [-0.1, -0.05) is 20.8 Å². The molecule has 1 atom stereocenters. The van der Waals surface area contributed by atoms with Crippen molar-refractivity contribution < 1.29 is 14.3 Å². The van der Waals surface area contributed by atoms with Crippen molar-refractivity contribution in [2.75, 3.05) is 13.2 Å². The maximum Gasteiger partial charge on any atom is 0.255 e. The summed E-state index contributed by atoms with van der Waals surface area (Å²) in [7, 11) is 0. The summed E-state index contributed by atoms with van der Waals surface area (Å²) in [6.07, 6.45) is 0. The summed E-state index contributed by atoms with van der Waals surface area (Å²) in [5.41, 5.74) is 1.01. The number of ether oxygens (including phenoxy) is 1. The summed E-state index contributed by atoms with van der Waals surface area (Å²) in [4.78, 5) is 24.2. The van der Waals surface area contributed by atoms with Crippen LogP contribution < -0.4 is 10.1 Å². The number of nitrogens with one attached hydrogen (secondary N) is 1. The predicted octanol–water partition coefficient (Wildman–Crippen LogP) is 2.28. The zero-order valence-electron chi connectivity index (χ0n) is 11.5. The van der Waals surface area contributed by atoms with E-state index in [0.717, 1.165) is 0 Å². The summed E-state index contributed by atoms with van der Waals surface area (Å²) in [6.45, 7) is 6.88. The molecule has 1 N–H and O–H groups in total. The Morgan fingerprint density at radius 1 is 1.32 bits per heavy atom. The normalized spacial score (nSPS) is 16.1. The third-order valence-corrected chi connectivity index (χ3v) is 3.57. The topological polar surface area (TPSA) is 55.4 Å². The van der Waals surface area contributed by atoms with Crippen molar-refractivity contribution in [3.63, 3.8) is 0 Å². The first-order valence-electron chi connectivity index (χ1n) is 6.60. The monoisotopic (exact) mass is 261 g/mol. The van der Waals surface area contributed by atoms with Gasteiger partial charge in [-0.3, -0.25) is 9.59 Å². The highest BCUT2D eigenvalue weighted by Crippen LogP contribution is 2.24. The van der Waals surface area contributed by atoms with Crippen molar-refractivity contribution in [1.82, 2.24) is 5.32 Å². The molecule has 19 heavy (non-hydrogen) atoms. The van der Waals surface area contributed by atoms with E-state index in [-0.39, 0.29) is 23.5 Å². The van der Waals surface area contributed by atoms with Gasteiger partial charge in [0.25, 0.3) is 5.91 Å². The molecule has 0 aliphatic carbocycles. The van der Waals surface area contributed by atoms with Gasteiger partial charge >= 0.3 is 0 Å². The molecule has 1 heterocycles. The Bertz CT molecular complexity index is 508. The molecule has 4 heteroatoms. The largest absolute Gasteiger partial charge is 0.491 e. The molecular formula is C15H19NO3. The lowest BCUT2D eigenvalue weighted by atomic mass is 9.89. The Kier molecular flexibility index (Phi) is 3.88. The van der Waals surface area contributed by atoms with E-state index in [2.05, 4.69) is 5.32 Å². The molecule has 1 unspecified atom stereocenters. The Hall–Kier alpha value is -1.84. The third-order valence-electron chi connectivity index (χ3n) is 3.57. The fraction of sp³-hybridized carbons (Fsp3) is 0.467.